The molecule has 0 saturated carbocycles. The lowest BCUT2D eigenvalue weighted by Crippen LogP contribution is -2.36. The van der Waals surface area contributed by atoms with Crippen LogP contribution in [0.15, 0.2) is 18.3 Å². The van der Waals surface area contributed by atoms with Crippen LogP contribution in [0.3, 0.4) is 0 Å². The smallest absolute Gasteiger partial charge is 0.339 e. The van der Waals surface area contributed by atoms with Gasteiger partial charge in [0, 0.05) is 25.9 Å². The molecule has 5 nitrogen and oxygen atoms in total. The zero-order valence-corrected chi connectivity index (χ0v) is 12.8. The molecule has 0 aliphatic heterocycles. The van der Waals surface area contributed by atoms with Crippen LogP contribution in [-0.4, -0.2) is 43.9 Å². The van der Waals surface area contributed by atoms with Gasteiger partial charge >= 0.3 is 5.97 Å². The summed E-state index contributed by atoms with van der Waals surface area (Å²) in [6.07, 6.45) is 2.58. The maximum atomic E-state index is 11.6. The standard InChI is InChI=1S/C15H24N2O3/c1-5-12(3)17(9-10-19-4)14-8-7-13(11-16-14)15(18)20-6-2/h7-8,11-12H,5-6,9-10H2,1-4H3. The third-order valence-corrected chi connectivity index (χ3v) is 3.21. The Bertz CT molecular complexity index is 406. The number of pyridine rings is 1. The van der Waals surface area contributed by atoms with Crippen molar-refractivity contribution in [1.29, 1.82) is 0 Å². The Morgan fingerprint density at radius 3 is 2.65 bits per heavy atom. The van der Waals surface area contributed by atoms with E-state index in [4.69, 9.17) is 9.47 Å². The van der Waals surface area contributed by atoms with Gasteiger partial charge in [-0.05, 0) is 32.4 Å². The highest BCUT2D eigenvalue weighted by Gasteiger charge is 2.15. The number of rotatable bonds is 8. The first-order valence-electron chi connectivity index (χ1n) is 7.02. The van der Waals surface area contributed by atoms with Crippen LogP contribution in [0.1, 0.15) is 37.6 Å². The molecule has 112 valence electrons. The van der Waals surface area contributed by atoms with E-state index in [1.165, 1.54) is 0 Å². The van der Waals surface area contributed by atoms with Crippen molar-refractivity contribution in [1.82, 2.24) is 4.98 Å². The summed E-state index contributed by atoms with van der Waals surface area (Å²) < 4.78 is 10.1. The van der Waals surface area contributed by atoms with E-state index in [1.807, 2.05) is 6.07 Å². The minimum absolute atomic E-state index is 0.335. The van der Waals surface area contributed by atoms with E-state index >= 15 is 0 Å². The summed E-state index contributed by atoms with van der Waals surface area (Å²) in [6, 6.07) is 3.97. The highest BCUT2D eigenvalue weighted by Crippen LogP contribution is 2.16. The summed E-state index contributed by atoms with van der Waals surface area (Å²) in [6.45, 7) is 7.86. The highest BCUT2D eigenvalue weighted by atomic mass is 16.5. The third kappa shape index (κ3) is 4.49. The van der Waals surface area contributed by atoms with Crippen LogP contribution in [0, 0.1) is 0 Å². The third-order valence-electron chi connectivity index (χ3n) is 3.21. The van der Waals surface area contributed by atoms with Crippen molar-refractivity contribution in [2.75, 3.05) is 31.8 Å². The van der Waals surface area contributed by atoms with Gasteiger partial charge in [0.05, 0.1) is 18.8 Å². The highest BCUT2D eigenvalue weighted by molar-refractivity contribution is 5.89. The number of hydrogen-bond donors (Lipinski definition) is 0. The van der Waals surface area contributed by atoms with Crippen LogP contribution in [0.4, 0.5) is 5.82 Å². The lowest BCUT2D eigenvalue weighted by Gasteiger charge is -2.29. The molecule has 0 radical (unpaired) electrons. The first kappa shape index (κ1) is 16.4. The zero-order chi connectivity index (χ0) is 15.0. The summed E-state index contributed by atoms with van der Waals surface area (Å²) in [5.41, 5.74) is 0.478. The minimum Gasteiger partial charge on any atom is -0.462 e. The number of hydrogen-bond acceptors (Lipinski definition) is 5. The normalized spacial score (nSPS) is 12.0. The van der Waals surface area contributed by atoms with Gasteiger partial charge in [-0.2, -0.15) is 0 Å². The van der Waals surface area contributed by atoms with E-state index < -0.39 is 0 Å². The summed E-state index contributed by atoms with van der Waals surface area (Å²) in [5.74, 6) is 0.517. The molecule has 0 aliphatic rings. The van der Waals surface area contributed by atoms with E-state index in [-0.39, 0.29) is 5.97 Å². The van der Waals surface area contributed by atoms with E-state index in [0.717, 1.165) is 18.8 Å². The number of aromatic nitrogens is 1. The zero-order valence-electron chi connectivity index (χ0n) is 12.8. The van der Waals surface area contributed by atoms with Gasteiger partial charge in [-0.15, -0.1) is 0 Å². The van der Waals surface area contributed by atoms with Gasteiger partial charge in [-0.3, -0.25) is 0 Å². The van der Waals surface area contributed by atoms with Gasteiger partial charge in [0.2, 0.25) is 0 Å². The first-order valence-corrected chi connectivity index (χ1v) is 7.02. The van der Waals surface area contributed by atoms with Gasteiger partial charge in [0.25, 0.3) is 0 Å². The molecule has 1 aromatic rings. The second kappa shape index (κ2) is 8.53. The largest absolute Gasteiger partial charge is 0.462 e. The molecule has 0 spiro atoms. The van der Waals surface area contributed by atoms with Crippen molar-refractivity contribution in [3.63, 3.8) is 0 Å². The van der Waals surface area contributed by atoms with Crippen molar-refractivity contribution in [3.05, 3.63) is 23.9 Å². The summed E-state index contributed by atoms with van der Waals surface area (Å²) in [5, 5.41) is 0. The number of esters is 1. The summed E-state index contributed by atoms with van der Waals surface area (Å²) >= 11 is 0. The first-order chi connectivity index (χ1) is 9.63. The molecule has 1 aromatic heterocycles. The van der Waals surface area contributed by atoms with E-state index in [9.17, 15) is 4.79 Å². The molecule has 0 N–H and O–H groups in total. The molecule has 0 bridgehead atoms. The molecule has 1 rings (SSSR count). The van der Waals surface area contributed by atoms with Crippen molar-refractivity contribution in [2.45, 2.75) is 33.2 Å². The minimum atomic E-state index is -0.335. The molecule has 0 amide bonds. The number of carbonyl (C=O) groups excluding carboxylic acids is 1. The molecule has 1 atom stereocenters. The Hall–Kier alpha value is -1.62. The van der Waals surface area contributed by atoms with Crippen LogP contribution in [0.5, 0.6) is 0 Å². The Morgan fingerprint density at radius 1 is 1.40 bits per heavy atom. The SMILES string of the molecule is CCOC(=O)c1ccc(N(CCOC)C(C)CC)nc1. The van der Waals surface area contributed by atoms with Crippen LogP contribution in [0.2, 0.25) is 0 Å². The predicted octanol–water partition coefficient (Wildman–Crippen LogP) is 2.51. The Balaban J connectivity index is 2.84. The number of carbonyl (C=O) groups is 1. The van der Waals surface area contributed by atoms with Crippen molar-refractivity contribution in [3.8, 4) is 0 Å². The van der Waals surface area contributed by atoms with E-state index in [1.54, 1.807) is 26.3 Å². The molecule has 0 saturated heterocycles. The van der Waals surface area contributed by atoms with Crippen molar-refractivity contribution in [2.24, 2.45) is 0 Å². The Labute approximate surface area is 120 Å². The fraction of sp³-hybridized carbons (Fsp3) is 0.600. The maximum Gasteiger partial charge on any atom is 0.339 e. The molecule has 0 aliphatic carbocycles. The summed E-state index contributed by atoms with van der Waals surface area (Å²) in [7, 11) is 1.69. The van der Waals surface area contributed by atoms with Crippen molar-refractivity contribution >= 4 is 11.8 Å². The molecule has 5 heteroatoms. The molecule has 1 unspecified atom stereocenters. The molecule has 0 fully saturated rings. The van der Waals surface area contributed by atoms with Gasteiger partial charge < -0.3 is 14.4 Å². The van der Waals surface area contributed by atoms with Crippen LogP contribution in [-0.2, 0) is 9.47 Å². The van der Waals surface area contributed by atoms with Gasteiger partial charge in [0.15, 0.2) is 0 Å². The number of methoxy groups -OCH3 is 1. The summed E-state index contributed by atoms with van der Waals surface area (Å²) in [4.78, 5) is 18.1. The van der Waals surface area contributed by atoms with Gasteiger partial charge in [-0.25, -0.2) is 9.78 Å². The Morgan fingerprint density at radius 2 is 2.15 bits per heavy atom. The average molecular weight is 280 g/mol. The second-order valence-corrected chi connectivity index (χ2v) is 4.57. The molecule has 20 heavy (non-hydrogen) atoms. The molecular formula is C15H24N2O3. The molecular weight excluding hydrogens is 256 g/mol. The van der Waals surface area contributed by atoms with Gasteiger partial charge in [-0.1, -0.05) is 6.92 Å². The molecule has 1 heterocycles. The fourth-order valence-electron chi connectivity index (χ4n) is 1.86. The van der Waals surface area contributed by atoms with E-state index in [2.05, 4.69) is 23.7 Å². The van der Waals surface area contributed by atoms with Crippen LogP contribution in [0.25, 0.3) is 0 Å². The van der Waals surface area contributed by atoms with Crippen LogP contribution >= 0.6 is 0 Å². The lowest BCUT2D eigenvalue weighted by molar-refractivity contribution is 0.0526. The average Bonchev–Trinajstić information content (AvgIpc) is 2.48. The second-order valence-electron chi connectivity index (χ2n) is 4.57. The topological polar surface area (TPSA) is 51.7 Å². The van der Waals surface area contributed by atoms with E-state index in [0.29, 0.717) is 24.8 Å². The van der Waals surface area contributed by atoms with Crippen LogP contribution < -0.4 is 4.90 Å². The monoisotopic (exact) mass is 280 g/mol. The quantitative estimate of drug-likeness (QED) is 0.685. The maximum absolute atomic E-state index is 11.6. The van der Waals surface area contributed by atoms with Crippen molar-refractivity contribution < 1.29 is 14.3 Å². The molecule has 0 aromatic carbocycles. The Kier molecular flexibility index (Phi) is 7.01. The number of anilines is 1. The number of nitrogens with zero attached hydrogens (tertiary/aromatic N) is 2. The van der Waals surface area contributed by atoms with Gasteiger partial charge in [0.1, 0.15) is 5.82 Å². The lowest BCUT2D eigenvalue weighted by atomic mass is 10.2. The number of ether oxygens (including phenoxy) is 2. The fourth-order valence-corrected chi connectivity index (χ4v) is 1.86. The predicted molar refractivity (Wildman–Crippen MR) is 79.2 cm³/mol.